The molecule has 2 nitrogen and oxygen atoms in total. The second kappa shape index (κ2) is 4.22. The third-order valence-corrected chi connectivity index (χ3v) is 3.34. The van der Waals surface area contributed by atoms with Crippen LogP contribution in [0.25, 0.3) is 0 Å². The number of nitrogens with two attached hydrogens (primary N) is 1. The predicted octanol–water partition coefficient (Wildman–Crippen LogP) is 3.34. The SMILES string of the molecule is C=C1Cc2cc(N)ccc2Cc2ccccc2N1. The van der Waals surface area contributed by atoms with Crippen molar-refractivity contribution < 1.29 is 0 Å². The van der Waals surface area contributed by atoms with Gasteiger partial charge in [0.2, 0.25) is 0 Å². The lowest BCUT2D eigenvalue weighted by atomic mass is 9.94. The van der Waals surface area contributed by atoms with E-state index in [1.165, 1.54) is 16.7 Å². The van der Waals surface area contributed by atoms with E-state index in [1.54, 1.807) is 0 Å². The molecule has 0 bridgehead atoms. The normalized spacial score (nSPS) is 13.9. The summed E-state index contributed by atoms with van der Waals surface area (Å²) in [6.45, 7) is 4.09. The van der Waals surface area contributed by atoms with Crippen molar-refractivity contribution in [2.24, 2.45) is 0 Å². The molecular formula is C16H16N2. The summed E-state index contributed by atoms with van der Waals surface area (Å²) in [4.78, 5) is 0. The summed E-state index contributed by atoms with van der Waals surface area (Å²) in [5.74, 6) is 0. The van der Waals surface area contributed by atoms with Crippen LogP contribution in [0, 0.1) is 0 Å². The third kappa shape index (κ3) is 1.97. The number of allylic oxidation sites excluding steroid dienone is 1. The van der Waals surface area contributed by atoms with E-state index in [2.05, 4.69) is 42.2 Å². The van der Waals surface area contributed by atoms with Crippen LogP contribution >= 0.6 is 0 Å². The van der Waals surface area contributed by atoms with Gasteiger partial charge in [-0.2, -0.15) is 0 Å². The lowest BCUT2D eigenvalue weighted by Crippen LogP contribution is -2.10. The van der Waals surface area contributed by atoms with Crippen molar-refractivity contribution in [3.05, 3.63) is 71.4 Å². The summed E-state index contributed by atoms with van der Waals surface area (Å²) in [7, 11) is 0. The molecule has 2 aromatic rings. The highest BCUT2D eigenvalue weighted by Gasteiger charge is 2.12. The zero-order chi connectivity index (χ0) is 12.5. The second-order valence-electron chi connectivity index (χ2n) is 4.77. The van der Waals surface area contributed by atoms with Crippen LogP contribution in [0.2, 0.25) is 0 Å². The number of para-hydroxylation sites is 1. The van der Waals surface area contributed by atoms with Gasteiger partial charge in [0.05, 0.1) is 0 Å². The average molecular weight is 236 g/mol. The minimum atomic E-state index is 0.815. The van der Waals surface area contributed by atoms with Crippen molar-refractivity contribution in [1.29, 1.82) is 0 Å². The van der Waals surface area contributed by atoms with Crippen molar-refractivity contribution in [2.75, 3.05) is 11.1 Å². The maximum Gasteiger partial charge on any atom is 0.0417 e. The van der Waals surface area contributed by atoms with Gasteiger partial charge in [0.25, 0.3) is 0 Å². The monoisotopic (exact) mass is 236 g/mol. The van der Waals surface area contributed by atoms with E-state index in [-0.39, 0.29) is 0 Å². The molecule has 0 amide bonds. The van der Waals surface area contributed by atoms with Crippen LogP contribution in [0.3, 0.4) is 0 Å². The Morgan fingerprint density at radius 2 is 1.78 bits per heavy atom. The van der Waals surface area contributed by atoms with Gasteiger partial charge in [-0.1, -0.05) is 30.8 Å². The largest absolute Gasteiger partial charge is 0.399 e. The molecular weight excluding hydrogens is 220 g/mol. The van der Waals surface area contributed by atoms with Crippen LogP contribution in [-0.2, 0) is 12.8 Å². The van der Waals surface area contributed by atoms with Crippen LogP contribution < -0.4 is 11.1 Å². The van der Waals surface area contributed by atoms with Crippen LogP contribution in [0.4, 0.5) is 11.4 Å². The van der Waals surface area contributed by atoms with Gasteiger partial charge in [-0.3, -0.25) is 0 Å². The molecule has 2 heteroatoms. The quantitative estimate of drug-likeness (QED) is 0.688. The van der Waals surface area contributed by atoms with Gasteiger partial charge in [0, 0.05) is 23.5 Å². The first-order valence-corrected chi connectivity index (χ1v) is 6.12. The molecule has 0 aromatic heterocycles. The molecule has 0 saturated heterocycles. The van der Waals surface area contributed by atoms with Crippen LogP contribution in [0.15, 0.2) is 54.7 Å². The summed E-state index contributed by atoms with van der Waals surface area (Å²) < 4.78 is 0. The molecule has 0 radical (unpaired) electrons. The standard InChI is InChI=1S/C16H16N2/c1-11-8-14-10-15(17)7-6-12(14)9-13-4-2-3-5-16(13)18-11/h2-7,10,18H,1,8-9,17H2. The zero-order valence-electron chi connectivity index (χ0n) is 10.2. The highest BCUT2D eigenvalue weighted by atomic mass is 14.9. The Hall–Kier alpha value is -2.22. The summed E-state index contributed by atoms with van der Waals surface area (Å²) in [5, 5.41) is 3.39. The van der Waals surface area contributed by atoms with Gasteiger partial charge in [0.15, 0.2) is 0 Å². The number of rotatable bonds is 0. The summed E-state index contributed by atoms with van der Waals surface area (Å²) in [5.41, 5.74) is 12.7. The first kappa shape index (κ1) is 10.9. The molecule has 0 fully saturated rings. The van der Waals surface area contributed by atoms with E-state index in [4.69, 9.17) is 5.73 Å². The Morgan fingerprint density at radius 3 is 2.67 bits per heavy atom. The molecule has 1 aliphatic rings. The Bertz CT molecular complexity index is 614. The van der Waals surface area contributed by atoms with E-state index >= 15 is 0 Å². The van der Waals surface area contributed by atoms with Crippen molar-refractivity contribution >= 4 is 11.4 Å². The lowest BCUT2D eigenvalue weighted by molar-refractivity contribution is 1.05. The second-order valence-corrected chi connectivity index (χ2v) is 4.77. The number of hydrogen-bond donors (Lipinski definition) is 2. The Labute approximate surface area is 107 Å². The summed E-state index contributed by atoms with van der Waals surface area (Å²) in [6.07, 6.45) is 1.76. The number of anilines is 2. The van der Waals surface area contributed by atoms with Gasteiger partial charge in [-0.15, -0.1) is 0 Å². The Balaban J connectivity index is 2.12. The smallest absolute Gasteiger partial charge is 0.0417 e. The van der Waals surface area contributed by atoms with E-state index in [1.807, 2.05) is 12.1 Å². The van der Waals surface area contributed by atoms with E-state index in [0.29, 0.717) is 0 Å². The molecule has 90 valence electrons. The molecule has 0 atom stereocenters. The van der Waals surface area contributed by atoms with Crippen molar-refractivity contribution in [2.45, 2.75) is 12.8 Å². The fourth-order valence-electron chi connectivity index (χ4n) is 2.45. The molecule has 3 N–H and O–H groups in total. The zero-order valence-corrected chi connectivity index (χ0v) is 10.2. The van der Waals surface area contributed by atoms with Gasteiger partial charge in [0.1, 0.15) is 0 Å². The van der Waals surface area contributed by atoms with E-state index in [9.17, 15) is 0 Å². The molecule has 18 heavy (non-hydrogen) atoms. The minimum Gasteiger partial charge on any atom is -0.399 e. The topological polar surface area (TPSA) is 38.0 Å². The number of nitrogens with one attached hydrogen (secondary N) is 1. The first-order chi connectivity index (χ1) is 8.72. The molecule has 0 saturated carbocycles. The van der Waals surface area contributed by atoms with Crippen molar-refractivity contribution in [3.63, 3.8) is 0 Å². The van der Waals surface area contributed by atoms with Gasteiger partial charge in [-0.25, -0.2) is 0 Å². The maximum atomic E-state index is 5.86. The van der Waals surface area contributed by atoms with Crippen LogP contribution in [-0.4, -0.2) is 0 Å². The number of nitrogen functional groups attached to an aromatic ring is 1. The highest BCUT2D eigenvalue weighted by molar-refractivity contribution is 5.59. The Kier molecular flexibility index (Phi) is 2.56. The van der Waals surface area contributed by atoms with Gasteiger partial charge < -0.3 is 11.1 Å². The maximum absolute atomic E-state index is 5.86. The van der Waals surface area contributed by atoms with E-state index in [0.717, 1.165) is 29.9 Å². The molecule has 3 rings (SSSR count). The number of fused-ring (bicyclic) bond motifs is 2. The van der Waals surface area contributed by atoms with Crippen LogP contribution in [0.1, 0.15) is 16.7 Å². The fourth-order valence-corrected chi connectivity index (χ4v) is 2.45. The van der Waals surface area contributed by atoms with E-state index < -0.39 is 0 Å². The number of hydrogen-bond acceptors (Lipinski definition) is 2. The lowest BCUT2D eigenvalue weighted by Gasteiger charge is -2.20. The van der Waals surface area contributed by atoms with Crippen LogP contribution in [0.5, 0.6) is 0 Å². The Morgan fingerprint density at radius 1 is 0.944 bits per heavy atom. The molecule has 0 spiro atoms. The molecule has 2 aromatic carbocycles. The highest BCUT2D eigenvalue weighted by Crippen LogP contribution is 2.27. The van der Waals surface area contributed by atoms with Gasteiger partial charge in [-0.05, 0) is 41.3 Å². The molecule has 1 heterocycles. The molecule has 0 unspecified atom stereocenters. The third-order valence-electron chi connectivity index (χ3n) is 3.34. The predicted molar refractivity (Wildman–Crippen MR) is 76.6 cm³/mol. The molecule has 0 aliphatic carbocycles. The van der Waals surface area contributed by atoms with Crippen molar-refractivity contribution in [3.8, 4) is 0 Å². The van der Waals surface area contributed by atoms with Gasteiger partial charge >= 0.3 is 0 Å². The summed E-state index contributed by atoms with van der Waals surface area (Å²) >= 11 is 0. The van der Waals surface area contributed by atoms with Crippen molar-refractivity contribution in [1.82, 2.24) is 0 Å². The minimum absolute atomic E-state index is 0.815. The molecule has 1 aliphatic heterocycles. The fraction of sp³-hybridized carbons (Fsp3) is 0.125. The average Bonchev–Trinajstić information content (AvgIpc) is 2.32. The summed E-state index contributed by atoms with van der Waals surface area (Å²) in [6, 6.07) is 14.5. The first-order valence-electron chi connectivity index (χ1n) is 6.12. The number of benzene rings is 2.